The van der Waals surface area contributed by atoms with Crippen LogP contribution in [0.3, 0.4) is 0 Å². The Labute approximate surface area is 166 Å². The van der Waals surface area contributed by atoms with Crippen LogP contribution in [0.15, 0.2) is 4.79 Å². The van der Waals surface area contributed by atoms with E-state index in [2.05, 4.69) is 15.3 Å². The molecule has 8 nitrogen and oxygen atoms in total. The lowest BCUT2D eigenvalue weighted by molar-refractivity contribution is -0.122. The van der Waals surface area contributed by atoms with Crippen molar-refractivity contribution in [1.29, 1.82) is 0 Å². The Hall–Kier alpha value is -1.93. The molecule has 156 valence electrons. The lowest BCUT2D eigenvalue weighted by Gasteiger charge is -2.30. The van der Waals surface area contributed by atoms with Crippen molar-refractivity contribution in [3.8, 4) is 0 Å². The number of aromatic nitrogens is 2. The maximum atomic E-state index is 12.5. The fraction of sp³-hybridized carbons (Fsp3) is 0.750. The number of amides is 1. The summed E-state index contributed by atoms with van der Waals surface area (Å²) in [5, 5.41) is 3.09. The standard InChI is InChI=1S/C20H33N5O3/c1-14-16(19(27)24-20(22-14)25-9-11-28-12-10-25)7-8-18(26)23-17(13-21)15-5-3-2-4-6-15/h15,17H,2-13,21H2,1H3,(H,23,26)(H,22,24,27). The Morgan fingerprint density at radius 3 is 2.68 bits per heavy atom. The highest BCUT2D eigenvalue weighted by atomic mass is 16.5. The molecule has 0 aromatic carbocycles. The van der Waals surface area contributed by atoms with Gasteiger partial charge < -0.3 is 20.7 Å². The van der Waals surface area contributed by atoms with Gasteiger partial charge >= 0.3 is 0 Å². The van der Waals surface area contributed by atoms with Crippen molar-refractivity contribution < 1.29 is 9.53 Å². The fourth-order valence-corrected chi connectivity index (χ4v) is 4.24. The molecule has 1 aliphatic carbocycles. The Bertz CT molecular complexity index is 708. The van der Waals surface area contributed by atoms with Crippen molar-refractivity contribution >= 4 is 11.9 Å². The third-order valence-electron chi connectivity index (χ3n) is 5.94. The van der Waals surface area contributed by atoms with Gasteiger partial charge in [0.05, 0.1) is 13.2 Å². The lowest BCUT2D eigenvalue weighted by Crippen LogP contribution is -2.46. The second-order valence-electron chi connectivity index (χ2n) is 7.86. The number of hydrogen-bond donors (Lipinski definition) is 3. The predicted molar refractivity (Wildman–Crippen MR) is 109 cm³/mol. The molecule has 1 aromatic heterocycles. The first kappa shape index (κ1) is 20.8. The zero-order valence-corrected chi connectivity index (χ0v) is 16.8. The molecule has 1 saturated carbocycles. The van der Waals surface area contributed by atoms with Crippen LogP contribution in [0.2, 0.25) is 0 Å². The van der Waals surface area contributed by atoms with Crippen LogP contribution in [-0.4, -0.2) is 54.8 Å². The molecule has 0 radical (unpaired) electrons. The molecule has 0 spiro atoms. The van der Waals surface area contributed by atoms with Crippen LogP contribution in [0.1, 0.15) is 49.8 Å². The molecule has 2 aliphatic rings. The van der Waals surface area contributed by atoms with E-state index in [-0.39, 0.29) is 23.9 Å². The minimum absolute atomic E-state index is 0.0361. The fourth-order valence-electron chi connectivity index (χ4n) is 4.24. The minimum Gasteiger partial charge on any atom is -0.378 e. The summed E-state index contributed by atoms with van der Waals surface area (Å²) in [4.78, 5) is 34.4. The van der Waals surface area contributed by atoms with Gasteiger partial charge in [-0.1, -0.05) is 19.3 Å². The largest absolute Gasteiger partial charge is 0.378 e. The van der Waals surface area contributed by atoms with Crippen LogP contribution in [0.4, 0.5) is 5.95 Å². The monoisotopic (exact) mass is 391 g/mol. The molecule has 3 rings (SSSR count). The zero-order valence-electron chi connectivity index (χ0n) is 16.8. The van der Waals surface area contributed by atoms with Crippen LogP contribution in [0, 0.1) is 12.8 Å². The van der Waals surface area contributed by atoms with Gasteiger partial charge in [0.1, 0.15) is 0 Å². The number of aryl methyl sites for hydroxylation is 1. The van der Waals surface area contributed by atoms with Crippen molar-refractivity contribution in [3.63, 3.8) is 0 Å². The van der Waals surface area contributed by atoms with Crippen molar-refractivity contribution in [3.05, 3.63) is 21.6 Å². The van der Waals surface area contributed by atoms with E-state index >= 15 is 0 Å². The quantitative estimate of drug-likeness (QED) is 0.636. The summed E-state index contributed by atoms with van der Waals surface area (Å²) in [6.45, 7) is 4.99. The first-order valence-corrected chi connectivity index (χ1v) is 10.5. The van der Waals surface area contributed by atoms with E-state index in [1.54, 1.807) is 0 Å². The van der Waals surface area contributed by atoms with Gasteiger partial charge in [0, 0.05) is 43.4 Å². The Morgan fingerprint density at radius 2 is 2.04 bits per heavy atom. The number of aromatic amines is 1. The molecule has 2 heterocycles. The average molecular weight is 392 g/mol. The van der Waals surface area contributed by atoms with Gasteiger partial charge in [0.15, 0.2) is 0 Å². The summed E-state index contributed by atoms with van der Waals surface area (Å²) in [5.41, 5.74) is 7.00. The van der Waals surface area contributed by atoms with Crippen LogP contribution < -0.4 is 21.5 Å². The van der Waals surface area contributed by atoms with Gasteiger partial charge in [-0.2, -0.15) is 0 Å². The topological polar surface area (TPSA) is 113 Å². The van der Waals surface area contributed by atoms with Crippen molar-refractivity contribution in [2.75, 3.05) is 37.7 Å². The van der Waals surface area contributed by atoms with E-state index in [1.807, 2.05) is 11.8 Å². The molecular weight excluding hydrogens is 358 g/mol. The first-order chi connectivity index (χ1) is 13.6. The summed E-state index contributed by atoms with van der Waals surface area (Å²) in [6.07, 6.45) is 6.62. The van der Waals surface area contributed by atoms with E-state index < -0.39 is 0 Å². The van der Waals surface area contributed by atoms with E-state index in [0.717, 1.165) is 12.8 Å². The summed E-state index contributed by atoms with van der Waals surface area (Å²) in [5.74, 6) is 1.01. The maximum absolute atomic E-state index is 12.5. The molecule has 1 atom stereocenters. The lowest BCUT2D eigenvalue weighted by atomic mass is 9.84. The van der Waals surface area contributed by atoms with Gasteiger partial charge in [-0.15, -0.1) is 0 Å². The van der Waals surface area contributed by atoms with E-state index in [0.29, 0.717) is 62.4 Å². The van der Waals surface area contributed by atoms with E-state index in [1.165, 1.54) is 19.3 Å². The van der Waals surface area contributed by atoms with Gasteiger partial charge in [-0.25, -0.2) is 4.98 Å². The van der Waals surface area contributed by atoms with Gasteiger partial charge in [-0.3, -0.25) is 14.6 Å². The number of carbonyl (C=O) groups is 1. The van der Waals surface area contributed by atoms with Crippen molar-refractivity contribution in [2.24, 2.45) is 11.7 Å². The highest BCUT2D eigenvalue weighted by Gasteiger charge is 2.24. The summed E-state index contributed by atoms with van der Waals surface area (Å²) in [6, 6.07) is 0.0361. The number of nitrogens with one attached hydrogen (secondary N) is 2. The molecule has 1 amide bonds. The molecule has 4 N–H and O–H groups in total. The maximum Gasteiger partial charge on any atom is 0.255 e. The number of H-pyrrole nitrogens is 1. The minimum atomic E-state index is -0.163. The normalized spacial score (nSPS) is 19.4. The number of morpholine rings is 1. The SMILES string of the molecule is Cc1nc(N2CCOCC2)[nH]c(=O)c1CCC(=O)NC(CN)C1CCCCC1. The Balaban J connectivity index is 1.57. The second-order valence-corrected chi connectivity index (χ2v) is 7.86. The molecular formula is C20H33N5O3. The van der Waals surface area contributed by atoms with Crippen LogP contribution in [0.5, 0.6) is 0 Å². The molecule has 1 aromatic rings. The smallest absolute Gasteiger partial charge is 0.255 e. The van der Waals surface area contributed by atoms with Crippen LogP contribution >= 0.6 is 0 Å². The highest BCUT2D eigenvalue weighted by molar-refractivity contribution is 5.76. The highest BCUT2D eigenvalue weighted by Crippen LogP contribution is 2.26. The summed E-state index contributed by atoms with van der Waals surface area (Å²) < 4.78 is 5.34. The number of rotatable bonds is 7. The number of nitrogens with two attached hydrogens (primary N) is 1. The average Bonchev–Trinajstić information content (AvgIpc) is 2.72. The molecule has 1 saturated heterocycles. The van der Waals surface area contributed by atoms with Crippen molar-refractivity contribution in [1.82, 2.24) is 15.3 Å². The predicted octanol–water partition coefficient (Wildman–Crippen LogP) is 0.871. The van der Waals surface area contributed by atoms with E-state index in [9.17, 15) is 9.59 Å². The van der Waals surface area contributed by atoms with Crippen LogP contribution in [0.25, 0.3) is 0 Å². The van der Waals surface area contributed by atoms with Crippen molar-refractivity contribution in [2.45, 2.75) is 57.9 Å². The number of nitrogens with zero attached hydrogens (tertiary/aromatic N) is 2. The summed E-state index contributed by atoms with van der Waals surface area (Å²) >= 11 is 0. The second kappa shape index (κ2) is 10.0. The Kier molecular flexibility index (Phi) is 7.44. The van der Waals surface area contributed by atoms with Gasteiger partial charge in [-0.05, 0) is 32.1 Å². The molecule has 8 heteroatoms. The third-order valence-corrected chi connectivity index (χ3v) is 5.94. The molecule has 28 heavy (non-hydrogen) atoms. The molecule has 0 bridgehead atoms. The Morgan fingerprint density at radius 1 is 1.32 bits per heavy atom. The van der Waals surface area contributed by atoms with E-state index in [4.69, 9.17) is 10.5 Å². The number of ether oxygens (including phenoxy) is 1. The number of carbonyl (C=O) groups excluding carboxylic acids is 1. The number of hydrogen-bond acceptors (Lipinski definition) is 6. The number of anilines is 1. The summed E-state index contributed by atoms with van der Waals surface area (Å²) in [7, 11) is 0. The molecule has 1 aliphatic heterocycles. The van der Waals surface area contributed by atoms with Gasteiger partial charge in [0.2, 0.25) is 11.9 Å². The molecule has 1 unspecified atom stereocenters. The third kappa shape index (κ3) is 5.32. The molecule has 2 fully saturated rings. The zero-order chi connectivity index (χ0) is 19.9. The van der Waals surface area contributed by atoms with Crippen LogP contribution in [-0.2, 0) is 16.0 Å². The van der Waals surface area contributed by atoms with Gasteiger partial charge in [0.25, 0.3) is 5.56 Å². The first-order valence-electron chi connectivity index (χ1n) is 10.5.